The van der Waals surface area contributed by atoms with Crippen LogP contribution in [0.25, 0.3) is 0 Å². The molecule has 0 saturated carbocycles. The fraction of sp³-hybridized carbons (Fsp3) is 0.238. The van der Waals surface area contributed by atoms with Crippen LogP contribution in [0.2, 0.25) is 0 Å². The van der Waals surface area contributed by atoms with Crippen LogP contribution in [0, 0.1) is 12.3 Å². The van der Waals surface area contributed by atoms with Crippen LogP contribution in [-0.4, -0.2) is 36.7 Å². The first-order valence-corrected chi connectivity index (χ1v) is 10.4. The van der Waals surface area contributed by atoms with Crippen molar-refractivity contribution in [3.63, 3.8) is 0 Å². The zero-order valence-electron chi connectivity index (χ0n) is 17.4. The van der Waals surface area contributed by atoms with E-state index in [0.717, 1.165) is 17.0 Å². The number of hydrazine groups is 1. The summed E-state index contributed by atoms with van der Waals surface area (Å²) in [4.78, 5) is 25.1. The maximum Gasteiger partial charge on any atom is 0.348 e. The normalized spacial score (nSPS) is 14.5. The Morgan fingerprint density at radius 2 is 1.84 bits per heavy atom. The molecule has 10 heteroatoms. The summed E-state index contributed by atoms with van der Waals surface area (Å²) in [5, 5.41) is 14.6. The first kappa shape index (κ1) is 22.0. The molecular formula is C21H23N5O4S. The van der Waals surface area contributed by atoms with Crippen molar-refractivity contribution < 1.29 is 19.1 Å². The number of para-hydroxylation sites is 1. The SMILES string of the molecule is C=C1NN(c2ccccc2)C(=N)/C1=N\Nc1sc(C(=O)OCC)c(C)c1C(=O)OCC. The maximum absolute atomic E-state index is 12.5. The molecule has 2 aromatic rings. The fourth-order valence-corrected chi connectivity index (χ4v) is 3.95. The fourth-order valence-electron chi connectivity index (χ4n) is 2.92. The molecule has 9 nitrogen and oxygen atoms in total. The first-order valence-electron chi connectivity index (χ1n) is 9.60. The third-order valence-electron chi connectivity index (χ3n) is 4.35. The number of hydrogen-bond donors (Lipinski definition) is 3. The molecule has 0 aliphatic carbocycles. The van der Waals surface area contributed by atoms with Gasteiger partial charge in [0.05, 0.1) is 30.2 Å². The van der Waals surface area contributed by atoms with Crippen LogP contribution < -0.4 is 15.9 Å². The molecule has 3 N–H and O–H groups in total. The lowest BCUT2D eigenvalue weighted by Gasteiger charge is -2.16. The summed E-state index contributed by atoms with van der Waals surface area (Å²) in [6.45, 7) is 9.38. The molecule has 0 amide bonds. The lowest BCUT2D eigenvalue weighted by atomic mass is 10.1. The lowest BCUT2D eigenvalue weighted by Crippen LogP contribution is -2.33. The molecule has 1 aromatic carbocycles. The summed E-state index contributed by atoms with van der Waals surface area (Å²) >= 11 is 1.04. The number of thiophene rings is 1. The molecule has 2 heterocycles. The number of amidine groups is 1. The Bertz CT molecular complexity index is 1060. The van der Waals surface area contributed by atoms with E-state index < -0.39 is 11.9 Å². The van der Waals surface area contributed by atoms with Crippen LogP contribution in [0.3, 0.4) is 0 Å². The van der Waals surface area contributed by atoms with Crippen molar-refractivity contribution in [2.45, 2.75) is 20.8 Å². The van der Waals surface area contributed by atoms with Gasteiger partial charge in [-0.3, -0.25) is 16.3 Å². The van der Waals surface area contributed by atoms with Gasteiger partial charge < -0.3 is 9.47 Å². The Morgan fingerprint density at radius 1 is 1.19 bits per heavy atom. The zero-order valence-corrected chi connectivity index (χ0v) is 18.3. The van der Waals surface area contributed by atoms with Crippen molar-refractivity contribution in [2.75, 3.05) is 23.6 Å². The Balaban J connectivity index is 1.92. The molecule has 0 spiro atoms. The average molecular weight is 442 g/mol. The average Bonchev–Trinajstić information content (AvgIpc) is 3.23. The summed E-state index contributed by atoms with van der Waals surface area (Å²) in [5.41, 5.74) is 7.91. The monoisotopic (exact) mass is 441 g/mol. The smallest absolute Gasteiger partial charge is 0.348 e. The van der Waals surface area contributed by atoms with Gasteiger partial charge in [-0.1, -0.05) is 24.8 Å². The number of carbonyl (C=O) groups excluding carboxylic acids is 2. The Labute approximate surface area is 183 Å². The molecule has 3 rings (SSSR count). The predicted octanol–water partition coefficient (Wildman–Crippen LogP) is 3.69. The quantitative estimate of drug-likeness (QED) is 0.443. The molecule has 0 atom stereocenters. The second-order valence-corrected chi connectivity index (χ2v) is 7.40. The lowest BCUT2D eigenvalue weighted by molar-refractivity contribution is 0.0527. The Morgan fingerprint density at radius 3 is 2.48 bits per heavy atom. The Kier molecular flexibility index (Phi) is 6.71. The number of carbonyl (C=O) groups is 2. The standard InChI is InChI=1S/C21H23N5O4S/c1-5-29-20(27)15-12(3)17(21(28)30-6-2)31-19(15)24-23-16-13(4)25-26(18(16)22)14-10-8-7-9-11-14/h7-11,22,24-25H,4-6H2,1-3H3/b22-18?,23-16-. The summed E-state index contributed by atoms with van der Waals surface area (Å²) in [6, 6.07) is 9.29. The number of rotatable bonds is 7. The van der Waals surface area contributed by atoms with E-state index >= 15 is 0 Å². The topological polar surface area (TPSA) is 116 Å². The van der Waals surface area contributed by atoms with Gasteiger partial charge in [0.25, 0.3) is 0 Å². The van der Waals surface area contributed by atoms with Gasteiger partial charge in [0.15, 0.2) is 11.5 Å². The van der Waals surface area contributed by atoms with Crippen LogP contribution in [0.5, 0.6) is 0 Å². The number of nitrogens with one attached hydrogen (secondary N) is 3. The van der Waals surface area contributed by atoms with E-state index in [4.69, 9.17) is 14.9 Å². The molecule has 1 aromatic heterocycles. The van der Waals surface area contributed by atoms with E-state index in [2.05, 4.69) is 22.5 Å². The Hall–Kier alpha value is -3.66. The highest BCUT2D eigenvalue weighted by Crippen LogP contribution is 2.34. The highest BCUT2D eigenvalue weighted by Gasteiger charge is 2.30. The van der Waals surface area contributed by atoms with Gasteiger partial charge in [-0.2, -0.15) is 5.10 Å². The maximum atomic E-state index is 12.5. The van der Waals surface area contributed by atoms with Gasteiger partial charge in [0.1, 0.15) is 9.88 Å². The number of hydrazone groups is 1. The van der Waals surface area contributed by atoms with Gasteiger partial charge in [-0.15, -0.1) is 11.3 Å². The third kappa shape index (κ3) is 4.43. The summed E-state index contributed by atoms with van der Waals surface area (Å²) in [5.74, 6) is -1.01. The minimum Gasteiger partial charge on any atom is -0.462 e. The highest BCUT2D eigenvalue weighted by atomic mass is 32.1. The zero-order chi connectivity index (χ0) is 22.5. The van der Waals surface area contributed by atoms with Crippen LogP contribution in [0.1, 0.15) is 39.4 Å². The van der Waals surface area contributed by atoms with Gasteiger partial charge in [-0.25, -0.2) is 14.6 Å². The largest absolute Gasteiger partial charge is 0.462 e. The summed E-state index contributed by atoms with van der Waals surface area (Å²) in [6.07, 6.45) is 0. The number of esters is 2. The van der Waals surface area contributed by atoms with E-state index in [0.29, 0.717) is 16.3 Å². The van der Waals surface area contributed by atoms with Crippen molar-refractivity contribution in [3.8, 4) is 0 Å². The molecule has 1 fully saturated rings. The summed E-state index contributed by atoms with van der Waals surface area (Å²) < 4.78 is 10.2. The van der Waals surface area contributed by atoms with Gasteiger partial charge in [0, 0.05) is 0 Å². The molecule has 1 aliphatic rings. The number of anilines is 2. The van der Waals surface area contributed by atoms with Crippen LogP contribution in [0.4, 0.5) is 10.7 Å². The summed E-state index contributed by atoms with van der Waals surface area (Å²) in [7, 11) is 0. The molecule has 0 bridgehead atoms. The third-order valence-corrected chi connectivity index (χ3v) is 5.53. The molecule has 31 heavy (non-hydrogen) atoms. The molecule has 1 saturated heterocycles. The molecule has 0 unspecified atom stereocenters. The van der Waals surface area contributed by atoms with E-state index in [1.807, 2.05) is 30.3 Å². The minimum atomic E-state index is -0.570. The van der Waals surface area contributed by atoms with E-state index in [9.17, 15) is 9.59 Å². The van der Waals surface area contributed by atoms with Gasteiger partial charge >= 0.3 is 11.9 Å². The van der Waals surface area contributed by atoms with Crippen molar-refractivity contribution in [2.24, 2.45) is 5.10 Å². The number of nitrogens with zero attached hydrogens (tertiary/aromatic N) is 2. The first-order chi connectivity index (χ1) is 14.9. The van der Waals surface area contributed by atoms with E-state index in [1.54, 1.807) is 25.8 Å². The van der Waals surface area contributed by atoms with Crippen molar-refractivity contribution in [1.29, 1.82) is 5.41 Å². The van der Waals surface area contributed by atoms with E-state index in [1.165, 1.54) is 0 Å². The van der Waals surface area contributed by atoms with Gasteiger partial charge in [-0.05, 0) is 38.5 Å². The van der Waals surface area contributed by atoms with Crippen LogP contribution in [-0.2, 0) is 9.47 Å². The molecule has 0 radical (unpaired) electrons. The van der Waals surface area contributed by atoms with Crippen molar-refractivity contribution in [3.05, 3.63) is 58.6 Å². The van der Waals surface area contributed by atoms with Crippen LogP contribution in [0.15, 0.2) is 47.7 Å². The van der Waals surface area contributed by atoms with E-state index in [-0.39, 0.29) is 35.2 Å². The second-order valence-electron chi connectivity index (χ2n) is 6.38. The number of hydrogen-bond acceptors (Lipinski definition) is 9. The van der Waals surface area contributed by atoms with Crippen LogP contribution >= 0.6 is 11.3 Å². The predicted molar refractivity (Wildman–Crippen MR) is 121 cm³/mol. The second kappa shape index (κ2) is 9.43. The minimum absolute atomic E-state index is 0.0836. The number of benzene rings is 1. The molecule has 162 valence electrons. The molecular weight excluding hydrogens is 418 g/mol. The van der Waals surface area contributed by atoms with Crippen molar-refractivity contribution in [1.82, 2.24) is 5.43 Å². The van der Waals surface area contributed by atoms with Crippen molar-refractivity contribution >= 4 is 45.5 Å². The number of ether oxygens (including phenoxy) is 2. The molecule has 1 aliphatic heterocycles. The van der Waals surface area contributed by atoms with Gasteiger partial charge in [0.2, 0.25) is 0 Å². The highest BCUT2D eigenvalue weighted by molar-refractivity contribution is 7.18.